The topological polar surface area (TPSA) is 58.2 Å². The van der Waals surface area contributed by atoms with Crippen LogP contribution in [0.15, 0.2) is 48.5 Å². The Kier molecular flexibility index (Phi) is 6.18. The SMILES string of the molecule is CNC(=O)c1ccccc1NC(=O)CCCc1cccc(Cl)c1. The van der Waals surface area contributed by atoms with E-state index in [0.717, 1.165) is 12.0 Å². The molecule has 0 aliphatic carbocycles. The van der Waals surface area contributed by atoms with Gasteiger partial charge in [-0.05, 0) is 42.7 Å². The molecule has 120 valence electrons. The van der Waals surface area contributed by atoms with Gasteiger partial charge < -0.3 is 10.6 Å². The second kappa shape index (κ2) is 8.34. The number of hydrogen-bond donors (Lipinski definition) is 2. The zero-order valence-electron chi connectivity index (χ0n) is 12.9. The molecule has 5 heteroatoms. The molecule has 2 rings (SSSR count). The van der Waals surface area contributed by atoms with Crippen LogP contribution in [0.5, 0.6) is 0 Å². The van der Waals surface area contributed by atoms with Gasteiger partial charge in [0.15, 0.2) is 0 Å². The highest BCUT2D eigenvalue weighted by atomic mass is 35.5. The largest absolute Gasteiger partial charge is 0.355 e. The summed E-state index contributed by atoms with van der Waals surface area (Å²) in [5.74, 6) is -0.330. The van der Waals surface area contributed by atoms with Crippen LogP contribution >= 0.6 is 11.6 Å². The minimum absolute atomic E-state index is 0.108. The normalized spacial score (nSPS) is 10.2. The molecular formula is C18H19ClN2O2. The molecule has 0 saturated heterocycles. The molecule has 0 fully saturated rings. The van der Waals surface area contributed by atoms with Crippen molar-refractivity contribution in [2.75, 3.05) is 12.4 Å². The molecular weight excluding hydrogens is 312 g/mol. The quantitative estimate of drug-likeness (QED) is 0.849. The number of nitrogens with one attached hydrogen (secondary N) is 2. The molecule has 0 aromatic heterocycles. The smallest absolute Gasteiger partial charge is 0.253 e. The van der Waals surface area contributed by atoms with Crippen LogP contribution in [-0.4, -0.2) is 18.9 Å². The van der Waals surface area contributed by atoms with Crippen LogP contribution in [0.2, 0.25) is 5.02 Å². The molecule has 23 heavy (non-hydrogen) atoms. The Labute approximate surface area is 140 Å². The Hall–Kier alpha value is -2.33. The fourth-order valence-corrected chi connectivity index (χ4v) is 2.50. The Balaban J connectivity index is 1.89. The molecule has 0 saturated carbocycles. The molecule has 2 aromatic rings. The van der Waals surface area contributed by atoms with Gasteiger partial charge in [-0.2, -0.15) is 0 Å². The van der Waals surface area contributed by atoms with Crippen molar-refractivity contribution in [2.45, 2.75) is 19.3 Å². The third-order valence-corrected chi connectivity index (χ3v) is 3.67. The van der Waals surface area contributed by atoms with Crippen molar-refractivity contribution in [1.82, 2.24) is 5.32 Å². The highest BCUT2D eigenvalue weighted by Gasteiger charge is 2.11. The first-order valence-corrected chi connectivity index (χ1v) is 7.83. The summed E-state index contributed by atoms with van der Waals surface area (Å²) in [6.45, 7) is 0. The van der Waals surface area contributed by atoms with Gasteiger partial charge in [-0.25, -0.2) is 0 Å². The lowest BCUT2D eigenvalue weighted by atomic mass is 10.1. The molecule has 0 aliphatic heterocycles. The van der Waals surface area contributed by atoms with Crippen molar-refractivity contribution in [2.24, 2.45) is 0 Å². The number of aryl methyl sites for hydroxylation is 1. The standard InChI is InChI=1S/C18H19ClN2O2/c1-20-18(23)15-9-2-3-10-16(15)21-17(22)11-5-7-13-6-4-8-14(19)12-13/h2-4,6,8-10,12H,5,7,11H2,1H3,(H,20,23)(H,21,22). The Morgan fingerprint density at radius 1 is 1.09 bits per heavy atom. The number of amides is 2. The molecule has 0 spiro atoms. The molecule has 4 nitrogen and oxygen atoms in total. The maximum Gasteiger partial charge on any atom is 0.253 e. The Morgan fingerprint density at radius 2 is 1.87 bits per heavy atom. The van der Waals surface area contributed by atoms with Gasteiger partial charge in [-0.15, -0.1) is 0 Å². The summed E-state index contributed by atoms with van der Waals surface area (Å²) >= 11 is 5.94. The number of carbonyl (C=O) groups excluding carboxylic acids is 2. The van der Waals surface area contributed by atoms with Crippen molar-refractivity contribution < 1.29 is 9.59 Å². The van der Waals surface area contributed by atoms with Gasteiger partial charge in [-0.3, -0.25) is 9.59 Å². The number of rotatable bonds is 6. The monoisotopic (exact) mass is 330 g/mol. The second-order valence-corrected chi connectivity index (χ2v) is 5.59. The lowest BCUT2D eigenvalue weighted by Crippen LogP contribution is -2.21. The molecule has 0 radical (unpaired) electrons. The van der Waals surface area contributed by atoms with Crippen LogP contribution < -0.4 is 10.6 Å². The van der Waals surface area contributed by atoms with Crippen LogP contribution in [0.4, 0.5) is 5.69 Å². The molecule has 0 bridgehead atoms. The van der Waals surface area contributed by atoms with Crippen LogP contribution in [0.3, 0.4) is 0 Å². The molecule has 2 N–H and O–H groups in total. The van der Waals surface area contributed by atoms with Gasteiger partial charge >= 0.3 is 0 Å². The van der Waals surface area contributed by atoms with Crippen molar-refractivity contribution in [3.05, 3.63) is 64.7 Å². The summed E-state index contributed by atoms with van der Waals surface area (Å²) in [7, 11) is 1.56. The highest BCUT2D eigenvalue weighted by Crippen LogP contribution is 2.16. The average Bonchev–Trinajstić information content (AvgIpc) is 2.55. The average molecular weight is 331 g/mol. The van der Waals surface area contributed by atoms with E-state index in [1.54, 1.807) is 31.3 Å². The van der Waals surface area contributed by atoms with Crippen LogP contribution in [0, 0.1) is 0 Å². The summed E-state index contributed by atoms with van der Waals surface area (Å²) in [5.41, 5.74) is 2.09. The van der Waals surface area contributed by atoms with Crippen LogP contribution in [-0.2, 0) is 11.2 Å². The number of para-hydroxylation sites is 1. The number of carbonyl (C=O) groups is 2. The number of hydrogen-bond acceptors (Lipinski definition) is 2. The lowest BCUT2D eigenvalue weighted by Gasteiger charge is -2.10. The van der Waals surface area contributed by atoms with Crippen molar-refractivity contribution in [3.8, 4) is 0 Å². The molecule has 0 unspecified atom stereocenters. The summed E-state index contributed by atoms with van der Waals surface area (Å²) in [6, 6.07) is 14.6. The summed E-state index contributed by atoms with van der Waals surface area (Å²) < 4.78 is 0. The van der Waals surface area contributed by atoms with E-state index in [-0.39, 0.29) is 11.8 Å². The number of benzene rings is 2. The first-order chi connectivity index (χ1) is 11.1. The van der Waals surface area contributed by atoms with Crippen molar-refractivity contribution in [3.63, 3.8) is 0 Å². The van der Waals surface area contributed by atoms with Gasteiger partial charge in [0.1, 0.15) is 0 Å². The second-order valence-electron chi connectivity index (χ2n) is 5.16. The first kappa shape index (κ1) is 17.0. The zero-order valence-corrected chi connectivity index (χ0v) is 13.7. The summed E-state index contributed by atoms with van der Waals surface area (Å²) in [4.78, 5) is 23.8. The van der Waals surface area contributed by atoms with E-state index >= 15 is 0 Å². The molecule has 2 aromatic carbocycles. The third kappa shape index (κ3) is 5.11. The van der Waals surface area contributed by atoms with Gasteiger partial charge in [-0.1, -0.05) is 35.9 Å². The van der Waals surface area contributed by atoms with E-state index < -0.39 is 0 Å². The minimum Gasteiger partial charge on any atom is -0.355 e. The first-order valence-electron chi connectivity index (χ1n) is 7.45. The van der Waals surface area contributed by atoms with Gasteiger partial charge in [0.2, 0.25) is 5.91 Å². The maximum atomic E-state index is 12.1. The van der Waals surface area contributed by atoms with E-state index in [0.29, 0.717) is 29.1 Å². The van der Waals surface area contributed by atoms with Gasteiger partial charge in [0.25, 0.3) is 5.91 Å². The van der Waals surface area contributed by atoms with Crippen molar-refractivity contribution >= 4 is 29.1 Å². The van der Waals surface area contributed by atoms with Crippen LogP contribution in [0.1, 0.15) is 28.8 Å². The predicted octanol–water partition coefficient (Wildman–Crippen LogP) is 3.66. The molecule has 0 heterocycles. The number of anilines is 1. The summed E-state index contributed by atoms with van der Waals surface area (Å²) in [6.07, 6.45) is 1.88. The predicted molar refractivity (Wildman–Crippen MR) is 92.9 cm³/mol. The summed E-state index contributed by atoms with van der Waals surface area (Å²) in [5, 5.41) is 6.06. The Bertz CT molecular complexity index is 701. The molecule has 0 atom stereocenters. The van der Waals surface area contributed by atoms with Crippen LogP contribution in [0.25, 0.3) is 0 Å². The van der Waals surface area contributed by atoms with Gasteiger partial charge in [0, 0.05) is 18.5 Å². The van der Waals surface area contributed by atoms with E-state index in [4.69, 9.17) is 11.6 Å². The lowest BCUT2D eigenvalue weighted by molar-refractivity contribution is -0.116. The van der Waals surface area contributed by atoms with E-state index in [2.05, 4.69) is 10.6 Å². The highest BCUT2D eigenvalue weighted by molar-refractivity contribution is 6.30. The molecule has 0 aliphatic rings. The number of halogens is 1. The fourth-order valence-electron chi connectivity index (χ4n) is 2.28. The zero-order chi connectivity index (χ0) is 16.7. The molecule has 2 amide bonds. The van der Waals surface area contributed by atoms with E-state index in [1.807, 2.05) is 24.3 Å². The maximum absolute atomic E-state index is 12.1. The third-order valence-electron chi connectivity index (χ3n) is 3.43. The Morgan fingerprint density at radius 3 is 2.61 bits per heavy atom. The van der Waals surface area contributed by atoms with Gasteiger partial charge in [0.05, 0.1) is 11.3 Å². The van der Waals surface area contributed by atoms with Crippen molar-refractivity contribution in [1.29, 1.82) is 0 Å². The van der Waals surface area contributed by atoms with E-state index in [1.165, 1.54) is 0 Å². The fraction of sp³-hybridized carbons (Fsp3) is 0.222. The minimum atomic E-state index is -0.222. The van der Waals surface area contributed by atoms with E-state index in [9.17, 15) is 9.59 Å².